The lowest BCUT2D eigenvalue weighted by Crippen LogP contribution is -2.15. The highest BCUT2D eigenvalue weighted by Gasteiger charge is 2.15. The second-order valence-electron chi connectivity index (χ2n) is 6.81. The summed E-state index contributed by atoms with van der Waals surface area (Å²) in [6.45, 7) is 2.00. The van der Waals surface area contributed by atoms with E-state index in [-0.39, 0.29) is 37.0 Å². The van der Waals surface area contributed by atoms with Gasteiger partial charge in [-0.15, -0.1) is 0 Å². The van der Waals surface area contributed by atoms with E-state index in [0.717, 1.165) is 19.3 Å². The number of benzene rings is 1. The van der Waals surface area contributed by atoms with Gasteiger partial charge in [-0.3, -0.25) is 9.59 Å². The first-order valence-corrected chi connectivity index (χ1v) is 9.65. The van der Waals surface area contributed by atoms with E-state index in [1.807, 2.05) is 18.2 Å². The predicted octanol–water partition coefficient (Wildman–Crippen LogP) is 3.74. The number of anilines is 1. The van der Waals surface area contributed by atoms with Crippen LogP contribution >= 0.6 is 0 Å². The number of fused-ring (bicyclic) bond motifs is 1. The quantitative estimate of drug-likeness (QED) is 0.584. The predicted molar refractivity (Wildman–Crippen MR) is 105 cm³/mol. The third kappa shape index (κ3) is 5.03. The van der Waals surface area contributed by atoms with Crippen LogP contribution < -0.4 is 5.32 Å². The Bertz CT molecular complexity index is 892. The molecule has 1 aromatic heterocycles. The number of hydrogen-bond donors (Lipinski definition) is 1. The fraction of sp³-hybridized carbons (Fsp3) is 0.364. The van der Waals surface area contributed by atoms with Gasteiger partial charge in [0.15, 0.2) is 5.78 Å². The van der Waals surface area contributed by atoms with Crippen LogP contribution in [0.25, 0.3) is 0 Å². The van der Waals surface area contributed by atoms with Crippen LogP contribution in [0.3, 0.4) is 0 Å². The molecule has 0 spiro atoms. The number of pyridine rings is 1. The molecule has 0 radical (unpaired) electrons. The van der Waals surface area contributed by atoms with Crippen molar-refractivity contribution in [3.63, 3.8) is 0 Å². The molecule has 0 aliphatic heterocycles. The molecule has 1 aliphatic carbocycles. The van der Waals surface area contributed by atoms with E-state index in [0.29, 0.717) is 11.1 Å². The average molecular weight is 380 g/mol. The van der Waals surface area contributed by atoms with Gasteiger partial charge in [0.2, 0.25) is 5.91 Å². The summed E-state index contributed by atoms with van der Waals surface area (Å²) in [5.74, 6) is -0.573. The Balaban J connectivity index is 1.55. The second kappa shape index (κ2) is 9.26. The molecule has 3 rings (SSSR count). The van der Waals surface area contributed by atoms with Crippen molar-refractivity contribution >= 4 is 23.5 Å². The monoisotopic (exact) mass is 380 g/mol. The summed E-state index contributed by atoms with van der Waals surface area (Å²) < 4.78 is 4.93. The molecule has 0 saturated heterocycles. The number of aryl methyl sites for hydroxylation is 2. The number of esters is 1. The molecule has 0 saturated carbocycles. The highest BCUT2D eigenvalue weighted by molar-refractivity contribution is 6.00. The SMILES string of the molecule is CCOC(=O)c1ccnc(NC(=O)CCC(=O)c2ccc3c(c2)CCCC3)c1. The fourth-order valence-electron chi connectivity index (χ4n) is 3.32. The number of carbonyl (C=O) groups is 3. The zero-order valence-electron chi connectivity index (χ0n) is 16.0. The molecule has 0 atom stereocenters. The topological polar surface area (TPSA) is 85.4 Å². The third-order valence-electron chi connectivity index (χ3n) is 4.79. The van der Waals surface area contributed by atoms with Crippen molar-refractivity contribution in [3.8, 4) is 0 Å². The van der Waals surface area contributed by atoms with Crippen molar-refractivity contribution in [3.05, 3.63) is 58.8 Å². The van der Waals surface area contributed by atoms with E-state index >= 15 is 0 Å². The van der Waals surface area contributed by atoms with Gasteiger partial charge < -0.3 is 10.1 Å². The lowest BCUT2D eigenvalue weighted by Gasteiger charge is -2.16. The maximum atomic E-state index is 12.4. The average Bonchev–Trinajstić information content (AvgIpc) is 2.72. The van der Waals surface area contributed by atoms with Crippen LogP contribution in [-0.4, -0.2) is 29.3 Å². The number of hydrogen-bond acceptors (Lipinski definition) is 5. The van der Waals surface area contributed by atoms with Crippen LogP contribution in [0.5, 0.6) is 0 Å². The Morgan fingerprint density at radius 1 is 1.00 bits per heavy atom. The number of nitrogens with zero attached hydrogens (tertiary/aromatic N) is 1. The van der Waals surface area contributed by atoms with Gasteiger partial charge in [-0.05, 0) is 61.9 Å². The Morgan fingerprint density at radius 3 is 2.57 bits per heavy atom. The molecule has 6 heteroatoms. The van der Waals surface area contributed by atoms with Gasteiger partial charge in [0.1, 0.15) is 5.82 Å². The molecule has 1 amide bonds. The van der Waals surface area contributed by atoms with Crippen molar-refractivity contribution in [1.29, 1.82) is 0 Å². The maximum absolute atomic E-state index is 12.4. The van der Waals surface area contributed by atoms with Gasteiger partial charge >= 0.3 is 5.97 Å². The largest absolute Gasteiger partial charge is 0.462 e. The summed E-state index contributed by atoms with van der Waals surface area (Å²) in [6, 6.07) is 8.84. The Labute approximate surface area is 164 Å². The van der Waals surface area contributed by atoms with Gasteiger partial charge in [-0.1, -0.05) is 12.1 Å². The van der Waals surface area contributed by atoms with E-state index in [1.54, 1.807) is 6.92 Å². The number of Topliss-reactive ketones (excluding diaryl/α,β-unsaturated/α-hetero) is 1. The number of ketones is 1. The summed E-state index contributed by atoms with van der Waals surface area (Å²) in [5.41, 5.74) is 3.56. The van der Waals surface area contributed by atoms with Gasteiger partial charge in [-0.2, -0.15) is 0 Å². The molecule has 0 unspecified atom stereocenters. The molecular weight excluding hydrogens is 356 g/mol. The number of carbonyl (C=O) groups excluding carboxylic acids is 3. The minimum atomic E-state index is -0.469. The first-order valence-electron chi connectivity index (χ1n) is 9.65. The van der Waals surface area contributed by atoms with Crippen LogP contribution in [0.2, 0.25) is 0 Å². The summed E-state index contributed by atoms with van der Waals surface area (Å²) in [7, 11) is 0. The number of amides is 1. The first kappa shape index (κ1) is 19.7. The molecule has 28 heavy (non-hydrogen) atoms. The lowest BCUT2D eigenvalue weighted by atomic mass is 9.89. The van der Waals surface area contributed by atoms with Crippen molar-refractivity contribution in [1.82, 2.24) is 4.98 Å². The Hall–Kier alpha value is -3.02. The highest BCUT2D eigenvalue weighted by atomic mass is 16.5. The summed E-state index contributed by atoms with van der Waals surface area (Å²) in [5, 5.41) is 2.63. The zero-order chi connectivity index (χ0) is 19.9. The maximum Gasteiger partial charge on any atom is 0.338 e. The Kier molecular flexibility index (Phi) is 6.53. The van der Waals surface area contributed by atoms with E-state index in [4.69, 9.17) is 4.74 Å². The molecule has 6 nitrogen and oxygen atoms in total. The lowest BCUT2D eigenvalue weighted by molar-refractivity contribution is -0.116. The van der Waals surface area contributed by atoms with Crippen LogP contribution in [0.4, 0.5) is 5.82 Å². The minimum Gasteiger partial charge on any atom is -0.462 e. The number of rotatable bonds is 7. The van der Waals surface area contributed by atoms with E-state index in [1.165, 1.54) is 35.9 Å². The van der Waals surface area contributed by atoms with Gasteiger partial charge in [0.25, 0.3) is 0 Å². The van der Waals surface area contributed by atoms with Crippen LogP contribution in [-0.2, 0) is 22.4 Å². The van der Waals surface area contributed by atoms with Crippen molar-refractivity contribution < 1.29 is 19.1 Å². The van der Waals surface area contributed by atoms with Gasteiger partial charge in [-0.25, -0.2) is 9.78 Å². The number of aromatic nitrogens is 1. The molecule has 1 N–H and O–H groups in total. The molecule has 2 aromatic rings. The fourth-order valence-corrected chi connectivity index (χ4v) is 3.32. The van der Waals surface area contributed by atoms with E-state index < -0.39 is 5.97 Å². The Morgan fingerprint density at radius 2 is 1.79 bits per heavy atom. The minimum absolute atomic E-state index is 0.0447. The van der Waals surface area contributed by atoms with Gasteiger partial charge in [0, 0.05) is 24.6 Å². The molecule has 0 fully saturated rings. The van der Waals surface area contributed by atoms with Crippen LogP contribution in [0.15, 0.2) is 36.5 Å². The third-order valence-corrected chi connectivity index (χ3v) is 4.79. The molecule has 1 aliphatic rings. The van der Waals surface area contributed by atoms with Crippen LogP contribution in [0, 0.1) is 0 Å². The second-order valence-corrected chi connectivity index (χ2v) is 6.81. The van der Waals surface area contributed by atoms with Crippen molar-refractivity contribution in [2.45, 2.75) is 45.4 Å². The number of ether oxygens (including phenoxy) is 1. The highest BCUT2D eigenvalue weighted by Crippen LogP contribution is 2.23. The van der Waals surface area contributed by atoms with E-state index in [9.17, 15) is 14.4 Å². The summed E-state index contributed by atoms with van der Waals surface area (Å²) >= 11 is 0. The molecule has 146 valence electrons. The van der Waals surface area contributed by atoms with Crippen LogP contribution in [0.1, 0.15) is 64.4 Å². The molecule has 1 heterocycles. The molecular formula is C22H24N2O4. The molecule has 0 bridgehead atoms. The number of nitrogens with one attached hydrogen (secondary N) is 1. The standard InChI is InChI=1S/C22H24N2O4/c1-2-28-22(27)18-11-12-23-20(14-18)24-21(26)10-9-19(25)17-8-7-15-5-3-4-6-16(15)13-17/h7-8,11-14H,2-6,9-10H2,1H3,(H,23,24,26). The van der Waals surface area contributed by atoms with Gasteiger partial charge in [0.05, 0.1) is 12.2 Å². The smallest absolute Gasteiger partial charge is 0.338 e. The first-order chi connectivity index (χ1) is 13.6. The molecule has 1 aromatic carbocycles. The summed E-state index contributed by atoms with van der Waals surface area (Å²) in [6.07, 6.45) is 6.06. The van der Waals surface area contributed by atoms with Crippen molar-refractivity contribution in [2.24, 2.45) is 0 Å². The zero-order valence-corrected chi connectivity index (χ0v) is 16.0. The normalized spacial score (nSPS) is 12.8. The van der Waals surface area contributed by atoms with Crippen molar-refractivity contribution in [2.75, 3.05) is 11.9 Å². The summed E-state index contributed by atoms with van der Waals surface area (Å²) in [4.78, 5) is 40.4. The van der Waals surface area contributed by atoms with E-state index in [2.05, 4.69) is 10.3 Å².